The van der Waals surface area contributed by atoms with Gasteiger partial charge in [-0.15, -0.1) is 45.3 Å². The Bertz CT molecular complexity index is 6300. The Morgan fingerprint density at radius 2 is 0.655 bits per heavy atom. The zero-order chi connectivity index (χ0) is 53.4. The third kappa shape index (κ3) is 4.47. The molecule has 12 heterocycles. The lowest BCUT2D eigenvalue weighted by atomic mass is 9.45. The van der Waals surface area contributed by atoms with E-state index in [9.17, 15) is 0 Å². The molecular weight excluding hydrogens is 1090 g/mol. The van der Waals surface area contributed by atoms with E-state index >= 15 is 0 Å². The first kappa shape index (κ1) is 42.4. The molecule has 0 radical (unpaired) electrons. The van der Waals surface area contributed by atoms with Crippen LogP contribution in [0.25, 0.3) is 191 Å². The highest BCUT2D eigenvalue weighted by Crippen LogP contribution is 2.54. The molecule has 4 aliphatic heterocycles. The van der Waals surface area contributed by atoms with E-state index < -0.39 is 0 Å². The lowest BCUT2D eigenvalue weighted by molar-refractivity contribution is 1.18. The Morgan fingerprint density at radius 1 is 0.262 bits per heavy atom. The summed E-state index contributed by atoms with van der Waals surface area (Å²) in [4.78, 5) is 0. The number of fused-ring (bicyclic) bond motifs is 35. The third-order valence-corrected chi connectivity index (χ3v) is 25.1. The van der Waals surface area contributed by atoms with Gasteiger partial charge in [-0.25, -0.2) is 0 Å². The Labute approximate surface area is 492 Å². The minimum atomic E-state index is -0.0986. The molecule has 24 rings (SSSR count). The van der Waals surface area contributed by atoms with Gasteiger partial charge in [0.15, 0.2) is 0 Å². The zero-order valence-corrected chi connectivity index (χ0v) is 47.5. The van der Waals surface area contributed by atoms with E-state index in [0.29, 0.717) is 0 Å². The van der Waals surface area contributed by atoms with Crippen molar-refractivity contribution in [3.8, 4) is 33.6 Å². The largest absolute Gasteiger partial charge is 0.374 e. The Morgan fingerprint density at radius 3 is 1.12 bits per heavy atom. The molecule has 0 atom stereocenters. The molecule has 0 spiro atoms. The first-order valence-corrected chi connectivity index (χ1v) is 32.3. The molecule has 8 aromatic heterocycles. The second-order valence-electron chi connectivity index (χ2n) is 24.0. The number of thiophene rings is 4. The van der Waals surface area contributed by atoms with Gasteiger partial charge in [0.1, 0.15) is 0 Å². The number of aromatic nitrogens is 4. The molecule has 0 saturated carbocycles. The maximum Gasteiger partial charge on any atom is 0.333 e. The molecule has 0 fully saturated rings. The van der Waals surface area contributed by atoms with Crippen LogP contribution in [0.4, 0.5) is 0 Å². The highest BCUT2D eigenvalue weighted by atomic mass is 32.1. The monoisotopic (exact) mass is 1130 g/mol. The molecule has 4 aliphatic rings. The van der Waals surface area contributed by atoms with Gasteiger partial charge in [-0.05, 0) is 93.6 Å². The summed E-state index contributed by atoms with van der Waals surface area (Å²) in [5.74, 6) is 0. The van der Waals surface area contributed by atoms with Crippen LogP contribution in [0.5, 0.6) is 0 Å². The Kier molecular flexibility index (Phi) is 7.06. The zero-order valence-electron chi connectivity index (χ0n) is 44.2. The molecule has 4 nitrogen and oxygen atoms in total. The van der Waals surface area contributed by atoms with Crippen molar-refractivity contribution in [2.24, 2.45) is 0 Å². The number of rotatable bonds is 0. The van der Waals surface area contributed by atoms with Crippen molar-refractivity contribution in [3.05, 3.63) is 206 Å². The van der Waals surface area contributed by atoms with E-state index in [2.05, 4.69) is 224 Å². The smallest absolute Gasteiger partial charge is 0.333 e. The van der Waals surface area contributed by atoms with Crippen LogP contribution in [-0.4, -0.2) is 31.8 Å². The summed E-state index contributed by atoms with van der Waals surface area (Å²) in [6.45, 7) is -0.197. The maximum absolute atomic E-state index is 2.86. The predicted molar refractivity (Wildman–Crippen MR) is 367 cm³/mol. The SMILES string of the molecule is c1cc2c3c(c1)-n1c4ccc5c6ccccc6sc5c4c4c5c(cc(c41)B3n1c3c-2cccc3c2c1c1cccc3c1n2B1c2c-3cccc2-n2c3ccc4c6ccccc6sc4c3c3c4c(cc1c32)sc1ccccc14)sc1ccccc15. The summed E-state index contributed by atoms with van der Waals surface area (Å²) in [7, 11) is 0. The fraction of sp³-hybridized carbons (Fsp3) is 0. The first-order valence-electron chi connectivity index (χ1n) is 29.1. The Hall–Kier alpha value is -9.41. The normalized spacial score (nSPS) is 13.9. The molecule has 0 aliphatic carbocycles. The van der Waals surface area contributed by atoms with Crippen LogP contribution in [0, 0.1) is 0 Å². The minimum absolute atomic E-state index is 0.0986. The van der Waals surface area contributed by atoms with Crippen LogP contribution < -0.4 is 21.9 Å². The molecule has 0 N–H and O–H groups in total. The topological polar surface area (TPSA) is 19.7 Å². The van der Waals surface area contributed by atoms with E-state index in [-0.39, 0.29) is 13.7 Å². The lowest BCUT2D eigenvalue weighted by Crippen LogP contribution is -2.55. The predicted octanol–water partition coefficient (Wildman–Crippen LogP) is 18.3. The standard InChI is InChI=1S/C74H34B2N4S4/c1-5-25-53-35(13-1)41-29-31-49-61(73(41)83-53)63-59-43-15-3-7-27-55(43)81-57(59)33-47-71(63)77(49)51-23-11-17-37-39-19-9-21-45-67(39)79(75(47)65(37)51)69-46-22-10-20-40-38-18-12-24-52-66(38)76(80(68(40)46)70(45)69)48-34-58-60(44-16-4-8-28-56(44)82-58)64-62-50(78(52)72(48)64)32-30-42-36-14-2-6-26-54(36)84-74(42)62/h1-34H. The van der Waals surface area contributed by atoms with Crippen molar-refractivity contribution in [1.82, 2.24) is 18.1 Å². The molecule has 0 unspecified atom stereocenters. The van der Waals surface area contributed by atoms with Crippen LogP contribution in [0.15, 0.2) is 206 Å². The van der Waals surface area contributed by atoms with Gasteiger partial charge in [-0.2, -0.15) is 0 Å². The van der Waals surface area contributed by atoms with Crippen molar-refractivity contribution in [1.29, 1.82) is 0 Å². The fourth-order valence-corrected chi connectivity index (χ4v) is 22.5. The number of hydrogen-bond donors (Lipinski definition) is 0. The fourth-order valence-electron chi connectivity index (χ4n) is 17.6. The highest BCUT2D eigenvalue weighted by molar-refractivity contribution is 7.28. The van der Waals surface area contributed by atoms with Crippen molar-refractivity contribution in [2.45, 2.75) is 0 Å². The average molecular weight is 1130 g/mol. The van der Waals surface area contributed by atoms with Crippen molar-refractivity contribution >= 4 is 238 Å². The summed E-state index contributed by atoms with van der Waals surface area (Å²) in [6.07, 6.45) is 0. The van der Waals surface area contributed by atoms with E-state index in [1.807, 2.05) is 45.3 Å². The molecule has 20 aromatic rings. The molecule has 84 heavy (non-hydrogen) atoms. The van der Waals surface area contributed by atoms with E-state index in [0.717, 1.165) is 0 Å². The van der Waals surface area contributed by atoms with Gasteiger partial charge < -0.3 is 18.1 Å². The molecule has 10 heteroatoms. The van der Waals surface area contributed by atoms with Crippen LogP contribution in [0.3, 0.4) is 0 Å². The summed E-state index contributed by atoms with van der Waals surface area (Å²) >= 11 is 7.84. The summed E-state index contributed by atoms with van der Waals surface area (Å²) in [6, 6.07) is 80.2. The van der Waals surface area contributed by atoms with Gasteiger partial charge in [0, 0.05) is 147 Å². The third-order valence-electron chi connectivity index (χ3n) is 20.5. The van der Waals surface area contributed by atoms with Gasteiger partial charge in [0.2, 0.25) is 0 Å². The van der Waals surface area contributed by atoms with Gasteiger partial charge in [0.05, 0.1) is 33.1 Å². The molecule has 0 bridgehead atoms. The van der Waals surface area contributed by atoms with Crippen LogP contribution in [0.2, 0.25) is 0 Å². The summed E-state index contributed by atoms with van der Waals surface area (Å²) in [5.41, 5.74) is 24.0. The lowest BCUT2D eigenvalue weighted by Gasteiger charge is -2.34. The first-order chi connectivity index (χ1) is 41.7. The highest BCUT2D eigenvalue weighted by Gasteiger charge is 2.47. The second kappa shape index (κ2) is 14.0. The Balaban J connectivity index is 0.884. The van der Waals surface area contributed by atoms with Gasteiger partial charge in [-0.1, -0.05) is 146 Å². The van der Waals surface area contributed by atoms with Crippen molar-refractivity contribution < 1.29 is 0 Å². The molecule has 380 valence electrons. The molecule has 0 saturated heterocycles. The van der Waals surface area contributed by atoms with Gasteiger partial charge in [-0.3, -0.25) is 0 Å². The number of para-hydroxylation sites is 2. The van der Waals surface area contributed by atoms with E-state index in [1.165, 1.54) is 213 Å². The quantitative estimate of drug-likeness (QED) is 0.135. The average Bonchev–Trinajstić information content (AvgIpc) is 1.96. The van der Waals surface area contributed by atoms with E-state index in [1.54, 1.807) is 0 Å². The maximum atomic E-state index is 2.86. The van der Waals surface area contributed by atoms with Crippen LogP contribution in [-0.2, 0) is 0 Å². The van der Waals surface area contributed by atoms with Crippen LogP contribution in [0.1, 0.15) is 0 Å². The van der Waals surface area contributed by atoms with Gasteiger partial charge in [0.25, 0.3) is 0 Å². The number of hydrogen-bond acceptors (Lipinski definition) is 4. The molecule has 12 aromatic carbocycles. The number of benzene rings is 12. The van der Waals surface area contributed by atoms with Gasteiger partial charge >= 0.3 is 13.7 Å². The summed E-state index contributed by atoms with van der Waals surface area (Å²) < 4.78 is 21.9. The second-order valence-corrected chi connectivity index (χ2v) is 28.3. The van der Waals surface area contributed by atoms with Crippen molar-refractivity contribution in [2.75, 3.05) is 0 Å². The van der Waals surface area contributed by atoms with Crippen molar-refractivity contribution in [3.63, 3.8) is 0 Å². The van der Waals surface area contributed by atoms with E-state index in [4.69, 9.17) is 0 Å². The number of nitrogens with zero attached hydrogens (tertiary/aromatic N) is 4. The molecular formula is C74H34B2N4S4. The van der Waals surface area contributed by atoms with Crippen LogP contribution >= 0.6 is 45.3 Å². The minimum Gasteiger partial charge on any atom is -0.374 e. The summed E-state index contributed by atoms with van der Waals surface area (Å²) in [5, 5.41) is 19.0. The molecule has 0 amide bonds.